The van der Waals surface area contributed by atoms with Gasteiger partial charge in [-0.25, -0.2) is 9.97 Å². The molecule has 28 heavy (non-hydrogen) atoms. The lowest BCUT2D eigenvalue weighted by atomic mass is 10.1. The van der Waals surface area contributed by atoms with Crippen LogP contribution in [0.5, 0.6) is 0 Å². The van der Waals surface area contributed by atoms with Gasteiger partial charge in [0.1, 0.15) is 11.6 Å². The van der Waals surface area contributed by atoms with Crippen molar-refractivity contribution in [3.63, 3.8) is 0 Å². The summed E-state index contributed by atoms with van der Waals surface area (Å²) in [4.78, 5) is 21.8. The molecule has 0 spiro atoms. The Balaban J connectivity index is 1.47. The van der Waals surface area contributed by atoms with Crippen molar-refractivity contribution in [3.05, 3.63) is 29.8 Å². The molecule has 2 aromatic rings. The van der Waals surface area contributed by atoms with E-state index in [1.54, 1.807) is 6.92 Å². The van der Waals surface area contributed by atoms with Crippen molar-refractivity contribution in [1.29, 1.82) is 0 Å². The third-order valence-corrected chi connectivity index (χ3v) is 6.14. The predicted molar refractivity (Wildman–Crippen MR) is 95.1 cm³/mol. The Morgan fingerprint density at radius 3 is 2.50 bits per heavy atom. The second kappa shape index (κ2) is 5.71. The van der Waals surface area contributed by atoms with Gasteiger partial charge in [0.05, 0.1) is 11.3 Å². The molecule has 3 fully saturated rings. The molecule has 3 heterocycles. The lowest BCUT2D eigenvalue weighted by Crippen LogP contribution is -2.29. The minimum atomic E-state index is -4.56. The van der Waals surface area contributed by atoms with Gasteiger partial charge in [-0.1, -0.05) is 0 Å². The maximum absolute atomic E-state index is 13.2. The van der Waals surface area contributed by atoms with Crippen LogP contribution in [0.2, 0.25) is 0 Å². The number of halogens is 3. The number of pyridine rings is 1. The number of carbonyl (C=O) groups is 1. The van der Waals surface area contributed by atoms with E-state index in [2.05, 4.69) is 14.5 Å². The van der Waals surface area contributed by atoms with Gasteiger partial charge in [-0.15, -0.1) is 0 Å². The first-order valence-electron chi connectivity index (χ1n) is 9.41. The summed E-state index contributed by atoms with van der Waals surface area (Å²) in [5.74, 6) is 1.67. The summed E-state index contributed by atoms with van der Waals surface area (Å²) in [5, 5.41) is 0. The molecule has 2 saturated carbocycles. The highest BCUT2D eigenvalue weighted by molar-refractivity contribution is 5.74. The Labute approximate surface area is 159 Å². The average molecular weight is 391 g/mol. The van der Waals surface area contributed by atoms with E-state index in [0.717, 1.165) is 37.8 Å². The summed E-state index contributed by atoms with van der Waals surface area (Å²) < 4.78 is 41.7. The molecule has 0 radical (unpaired) electrons. The summed E-state index contributed by atoms with van der Waals surface area (Å²) in [6.45, 7) is 3.06. The van der Waals surface area contributed by atoms with Gasteiger partial charge < -0.3 is 15.2 Å². The van der Waals surface area contributed by atoms with Gasteiger partial charge in [0.25, 0.3) is 0 Å². The van der Waals surface area contributed by atoms with E-state index in [0.29, 0.717) is 29.0 Å². The number of hydrogen-bond donors (Lipinski definition) is 1. The molecule has 3 atom stereocenters. The number of likely N-dealkylation sites (tertiary alicyclic amines) is 1. The molecule has 2 aliphatic carbocycles. The third-order valence-electron chi connectivity index (χ3n) is 6.14. The van der Waals surface area contributed by atoms with Crippen LogP contribution >= 0.6 is 0 Å². The summed E-state index contributed by atoms with van der Waals surface area (Å²) in [5.41, 5.74) is 5.29. The Kier molecular flexibility index (Phi) is 3.57. The van der Waals surface area contributed by atoms with Crippen molar-refractivity contribution in [2.24, 2.45) is 11.8 Å². The molecule has 6 nitrogen and oxygen atoms in total. The smallest absolute Gasteiger partial charge is 0.383 e. The molecule has 0 aromatic carbocycles. The number of nitrogens with zero attached hydrogens (tertiary/aromatic N) is 4. The molecule has 3 aliphatic rings. The van der Waals surface area contributed by atoms with Crippen LogP contribution in [0.4, 0.5) is 19.0 Å². The van der Waals surface area contributed by atoms with Crippen LogP contribution in [0.1, 0.15) is 43.1 Å². The first-order valence-corrected chi connectivity index (χ1v) is 9.41. The summed E-state index contributed by atoms with van der Waals surface area (Å²) >= 11 is 0. The zero-order chi connectivity index (χ0) is 19.8. The first kappa shape index (κ1) is 17.5. The average Bonchev–Trinajstić information content (AvgIpc) is 3.49. The number of piperidine rings is 1. The fraction of sp³-hybridized carbons (Fsp3) is 0.526. The Bertz CT molecular complexity index is 953. The van der Waals surface area contributed by atoms with Gasteiger partial charge in [0.15, 0.2) is 0 Å². The maximum atomic E-state index is 13.2. The van der Waals surface area contributed by atoms with Crippen molar-refractivity contribution >= 4 is 11.7 Å². The van der Waals surface area contributed by atoms with Crippen molar-refractivity contribution in [3.8, 4) is 11.3 Å². The van der Waals surface area contributed by atoms with Gasteiger partial charge >= 0.3 is 6.18 Å². The number of nitrogen functional groups attached to an aromatic ring is 1. The van der Waals surface area contributed by atoms with Crippen molar-refractivity contribution in [1.82, 2.24) is 19.4 Å². The normalized spacial score (nSPS) is 26.4. The van der Waals surface area contributed by atoms with E-state index in [1.165, 1.54) is 6.20 Å². The lowest BCUT2D eigenvalue weighted by molar-refractivity contribution is -0.137. The van der Waals surface area contributed by atoms with Crippen molar-refractivity contribution < 1.29 is 18.0 Å². The third kappa shape index (κ3) is 2.75. The number of anilines is 1. The van der Waals surface area contributed by atoms with Crippen LogP contribution in [-0.2, 0) is 11.0 Å². The largest absolute Gasteiger partial charge is 0.419 e. The molecule has 2 N–H and O–H groups in total. The SMILES string of the molecule is CC(=O)N1C[C@@H]2C(n3cc(-c4cnc(N)c(C(F)(F)F)c4)nc3C3CC3)[C@@H]2C1. The number of imidazole rings is 1. The Hall–Kier alpha value is -2.58. The van der Waals surface area contributed by atoms with E-state index in [1.807, 2.05) is 11.1 Å². The van der Waals surface area contributed by atoms with E-state index >= 15 is 0 Å². The van der Waals surface area contributed by atoms with Gasteiger partial charge in [-0.3, -0.25) is 4.79 Å². The number of hydrogen-bond acceptors (Lipinski definition) is 4. The number of aromatic nitrogens is 3. The predicted octanol–water partition coefficient (Wildman–Crippen LogP) is 3.07. The molecule has 2 aromatic heterocycles. The zero-order valence-corrected chi connectivity index (χ0v) is 15.3. The molecule has 1 unspecified atom stereocenters. The van der Waals surface area contributed by atoms with Crippen LogP contribution in [0.3, 0.4) is 0 Å². The number of amides is 1. The second-order valence-corrected chi connectivity index (χ2v) is 8.06. The number of alkyl halides is 3. The van der Waals surface area contributed by atoms with Gasteiger partial charge in [0, 0.05) is 61.8 Å². The summed E-state index contributed by atoms with van der Waals surface area (Å²) in [6, 6.07) is 1.30. The molecule has 1 amide bonds. The fourth-order valence-electron chi connectivity index (χ4n) is 4.44. The fourth-order valence-corrected chi connectivity index (χ4v) is 4.44. The maximum Gasteiger partial charge on any atom is 0.419 e. The standard InChI is InChI=1S/C19H20F3N5O/c1-9(28)26-6-12-13(7-26)16(12)27-8-15(25-18(27)10-2-3-10)11-4-14(19(20,21)22)17(23)24-5-11/h4-5,8,10,12-13,16H,2-3,6-7H2,1H3,(H2,23,24)/t12-,13+,16?. The van der Waals surface area contributed by atoms with Crippen molar-refractivity contribution in [2.45, 2.75) is 37.9 Å². The summed E-state index contributed by atoms with van der Waals surface area (Å²) in [7, 11) is 0. The first-order chi connectivity index (χ1) is 13.2. The quantitative estimate of drug-likeness (QED) is 0.872. The number of nitrogens with two attached hydrogens (primary N) is 1. The Morgan fingerprint density at radius 1 is 1.25 bits per heavy atom. The highest BCUT2D eigenvalue weighted by Gasteiger charge is 2.58. The molecule has 5 rings (SSSR count). The van der Waals surface area contributed by atoms with Crippen LogP contribution in [0.15, 0.2) is 18.5 Å². The molecule has 1 aliphatic heterocycles. The minimum absolute atomic E-state index is 0.0901. The highest BCUT2D eigenvalue weighted by atomic mass is 19.4. The van der Waals surface area contributed by atoms with Crippen LogP contribution in [-0.4, -0.2) is 38.4 Å². The highest BCUT2D eigenvalue weighted by Crippen LogP contribution is 2.57. The van der Waals surface area contributed by atoms with Crippen LogP contribution < -0.4 is 5.73 Å². The van der Waals surface area contributed by atoms with Crippen LogP contribution in [0.25, 0.3) is 11.3 Å². The van der Waals surface area contributed by atoms with Gasteiger partial charge in [0.2, 0.25) is 5.91 Å². The topological polar surface area (TPSA) is 77.0 Å². The number of carbonyl (C=O) groups excluding carboxylic acids is 1. The summed E-state index contributed by atoms with van der Waals surface area (Å²) in [6.07, 6.45) is 0.734. The minimum Gasteiger partial charge on any atom is -0.383 e. The van der Waals surface area contributed by atoms with E-state index in [4.69, 9.17) is 5.73 Å². The molecule has 1 saturated heterocycles. The zero-order valence-electron chi connectivity index (χ0n) is 15.3. The Morgan fingerprint density at radius 2 is 1.93 bits per heavy atom. The van der Waals surface area contributed by atoms with Crippen molar-refractivity contribution in [2.75, 3.05) is 18.8 Å². The van der Waals surface area contributed by atoms with E-state index in [-0.39, 0.29) is 11.9 Å². The van der Waals surface area contributed by atoms with Gasteiger partial charge in [-0.2, -0.15) is 13.2 Å². The molecular formula is C19H20F3N5O. The monoisotopic (exact) mass is 391 g/mol. The van der Waals surface area contributed by atoms with E-state index < -0.39 is 17.6 Å². The molecule has 9 heteroatoms. The molecule has 148 valence electrons. The second-order valence-electron chi connectivity index (χ2n) is 8.06. The van der Waals surface area contributed by atoms with E-state index in [9.17, 15) is 18.0 Å². The van der Waals surface area contributed by atoms with Crippen LogP contribution in [0, 0.1) is 11.8 Å². The number of rotatable bonds is 3. The lowest BCUT2D eigenvalue weighted by Gasteiger charge is -2.19. The van der Waals surface area contributed by atoms with Gasteiger partial charge in [-0.05, 0) is 18.9 Å². The number of fused-ring (bicyclic) bond motifs is 1. The molecule has 0 bridgehead atoms. The molecular weight excluding hydrogens is 371 g/mol.